The molecule has 0 saturated carbocycles. The van der Waals surface area contributed by atoms with Crippen molar-refractivity contribution in [2.45, 2.75) is 25.4 Å². The molecule has 0 spiro atoms. The van der Waals surface area contributed by atoms with Crippen molar-refractivity contribution in [2.24, 2.45) is 0 Å². The maximum absolute atomic E-state index is 13.0. The van der Waals surface area contributed by atoms with Crippen molar-refractivity contribution in [2.75, 3.05) is 6.54 Å². The minimum Gasteiger partial charge on any atom is -0.348 e. The number of hydrogen-bond acceptors (Lipinski definition) is 3. The van der Waals surface area contributed by atoms with Crippen LogP contribution in [-0.4, -0.2) is 35.3 Å². The molecule has 2 atom stereocenters. The van der Waals surface area contributed by atoms with Crippen molar-refractivity contribution in [3.8, 4) is 0 Å². The van der Waals surface area contributed by atoms with Gasteiger partial charge < -0.3 is 10.6 Å². The number of nitrogens with zero attached hydrogens (tertiary/aromatic N) is 1. The molecule has 1 heterocycles. The van der Waals surface area contributed by atoms with Crippen LogP contribution >= 0.6 is 0 Å². The van der Waals surface area contributed by atoms with Crippen LogP contribution in [0, 0.1) is 5.82 Å². The van der Waals surface area contributed by atoms with Gasteiger partial charge in [-0.05, 0) is 30.2 Å². The van der Waals surface area contributed by atoms with Crippen LogP contribution in [0.5, 0.6) is 0 Å². The van der Waals surface area contributed by atoms with Gasteiger partial charge in [0.05, 0.1) is 6.04 Å². The number of carbonyl (C=O) groups excluding carboxylic acids is 3. The predicted octanol–water partition coefficient (Wildman–Crippen LogP) is 2.17. The van der Waals surface area contributed by atoms with E-state index in [0.29, 0.717) is 6.42 Å². The number of imide groups is 1. The largest absolute Gasteiger partial charge is 0.348 e. The van der Waals surface area contributed by atoms with Crippen LogP contribution < -0.4 is 10.6 Å². The second-order valence-electron chi connectivity index (χ2n) is 6.46. The molecule has 0 aromatic heterocycles. The Morgan fingerprint density at radius 2 is 1.81 bits per heavy atom. The Bertz CT molecular complexity index is 839. The Morgan fingerprint density at radius 1 is 1.15 bits per heavy atom. The van der Waals surface area contributed by atoms with E-state index in [9.17, 15) is 18.8 Å². The predicted molar refractivity (Wildman–Crippen MR) is 97.1 cm³/mol. The van der Waals surface area contributed by atoms with Gasteiger partial charge in [-0.3, -0.25) is 14.5 Å². The summed E-state index contributed by atoms with van der Waals surface area (Å²) in [5.74, 6) is -1.25. The average molecular weight is 369 g/mol. The normalized spacial score (nSPS) is 17.6. The van der Waals surface area contributed by atoms with Crippen molar-refractivity contribution in [3.63, 3.8) is 0 Å². The summed E-state index contributed by atoms with van der Waals surface area (Å²) in [6.45, 7) is 1.39. The van der Waals surface area contributed by atoms with Gasteiger partial charge >= 0.3 is 6.03 Å². The molecule has 2 aromatic rings. The van der Waals surface area contributed by atoms with Crippen LogP contribution in [0.3, 0.4) is 0 Å². The van der Waals surface area contributed by atoms with Crippen LogP contribution in [-0.2, 0) is 16.0 Å². The van der Waals surface area contributed by atoms with Gasteiger partial charge in [0.25, 0.3) is 5.91 Å². The van der Waals surface area contributed by atoms with E-state index in [-0.39, 0.29) is 18.4 Å². The topological polar surface area (TPSA) is 78.5 Å². The molecule has 7 heteroatoms. The number of halogens is 1. The second-order valence-corrected chi connectivity index (χ2v) is 6.46. The summed E-state index contributed by atoms with van der Waals surface area (Å²) in [6, 6.07) is 13.5. The first-order valence-corrected chi connectivity index (χ1v) is 8.64. The quantitative estimate of drug-likeness (QED) is 0.766. The van der Waals surface area contributed by atoms with E-state index in [0.717, 1.165) is 16.0 Å². The van der Waals surface area contributed by atoms with Crippen molar-refractivity contribution < 1.29 is 18.8 Å². The molecule has 0 radical (unpaired) electrons. The minimum atomic E-state index is -0.678. The summed E-state index contributed by atoms with van der Waals surface area (Å²) < 4.78 is 13.0. The highest BCUT2D eigenvalue weighted by Crippen LogP contribution is 2.14. The molecule has 1 aliphatic rings. The second kappa shape index (κ2) is 7.99. The molecular weight excluding hydrogens is 349 g/mol. The van der Waals surface area contributed by atoms with Crippen molar-refractivity contribution >= 4 is 17.8 Å². The number of nitrogens with one attached hydrogen (secondary N) is 2. The van der Waals surface area contributed by atoms with Crippen LogP contribution in [0.25, 0.3) is 0 Å². The Morgan fingerprint density at radius 3 is 2.48 bits per heavy atom. The number of benzene rings is 2. The average Bonchev–Trinajstić information content (AvgIpc) is 2.90. The number of carbonyl (C=O) groups is 3. The molecule has 4 amide bonds. The third-order valence-electron chi connectivity index (χ3n) is 4.44. The molecule has 140 valence electrons. The lowest BCUT2D eigenvalue weighted by Gasteiger charge is -2.17. The number of urea groups is 1. The fraction of sp³-hybridized carbons (Fsp3) is 0.250. The van der Waals surface area contributed by atoms with Crippen molar-refractivity contribution in [1.82, 2.24) is 15.5 Å². The van der Waals surface area contributed by atoms with E-state index in [1.807, 2.05) is 30.3 Å². The van der Waals surface area contributed by atoms with E-state index >= 15 is 0 Å². The standard InChI is InChI=1S/C20H20FN3O3/c1-13(15-7-9-16(21)10-8-15)22-18(25)12-24-19(26)17(23-20(24)27)11-14-5-3-2-4-6-14/h2-10,13,17H,11-12H2,1H3,(H,22,25)(H,23,27)/t13-,17+/m0/s1. The first-order chi connectivity index (χ1) is 12.9. The van der Waals surface area contributed by atoms with Crippen LogP contribution in [0.15, 0.2) is 54.6 Å². The Kier molecular flexibility index (Phi) is 5.49. The summed E-state index contributed by atoms with van der Waals surface area (Å²) in [5.41, 5.74) is 1.65. The number of hydrogen-bond donors (Lipinski definition) is 2. The monoisotopic (exact) mass is 369 g/mol. The van der Waals surface area contributed by atoms with E-state index in [4.69, 9.17) is 0 Å². The Balaban J connectivity index is 1.58. The molecule has 1 aliphatic heterocycles. The van der Waals surface area contributed by atoms with Gasteiger partial charge in [-0.15, -0.1) is 0 Å². The van der Waals surface area contributed by atoms with E-state index < -0.39 is 23.9 Å². The molecule has 6 nitrogen and oxygen atoms in total. The minimum absolute atomic E-state index is 0.360. The summed E-state index contributed by atoms with van der Waals surface area (Å²) >= 11 is 0. The van der Waals surface area contributed by atoms with Gasteiger partial charge in [-0.25, -0.2) is 9.18 Å². The lowest BCUT2D eigenvalue weighted by atomic mass is 10.1. The zero-order valence-electron chi connectivity index (χ0n) is 14.8. The first-order valence-electron chi connectivity index (χ1n) is 8.64. The maximum Gasteiger partial charge on any atom is 0.325 e. The van der Waals surface area contributed by atoms with E-state index in [2.05, 4.69) is 10.6 Å². The fourth-order valence-electron chi connectivity index (χ4n) is 2.98. The maximum atomic E-state index is 13.0. The molecule has 1 saturated heterocycles. The third-order valence-corrected chi connectivity index (χ3v) is 4.44. The van der Waals surface area contributed by atoms with Gasteiger partial charge in [-0.2, -0.15) is 0 Å². The lowest BCUT2D eigenvalue weighted by molar-refractivity contribution is -0.132. The summed E-state index contributed by atoms with van der Waals surface area (Å²) in [7, 11) is 0. The third kappa shape index (κ3) is 4.49. The molecule has 27 heavy (non-hydrogen) atoms. The van der Waals surface area contributed by atoms with Crippen LogP contribution in [0.1, 0.15) is 24.1 Å². The highest BCUT2D eigenvalue weighted by molar-refractivity contribution is 6.06. The molecule has 0 unspecified atom stereocenters. The Hall–Kier alpha value is -3.22. The van der Waals surface area contributed by atoms with Crippen molar-refractivity contribution in [1.29, 1.82) is 0 Å². The molecular formula is C20H20FN3O3. The van der Waals surface area contributed by atoms with Gasteiger partial charge in [0.2, 0.25) is 5.91 Å². The van der Waals surface area contributed by atoms with Crippen LogP contribution in [0.2, 0.25) is 0 Å². The highest BCUT2D eigenvalue weighted by atomic mass is 19.1. The fourth-order valence-corrected chi connectivity index (χ4v) is 2.98. The zero-order valence-corrected chi connectivity index (χ0v) is 14.8. The summed E-state index contributed by atoms with van der Waals surface area (Å²) in [5, 5.41) is 5.33. The van der Waals surface area contributed by atoms with Crippen molar-refractivity contribution in [3.05, 3.63) is 71.5 Å². The Labute approximate surface area is 156 Å². The number of rotatable bonds is 6. The SMILES string of the molecule is C[C@H](NC(=O)CN1C(=O)N[C@H](Cc2ccccc2)C1=O)c1ccc(F)cc1. The summed E-state index contributed by atoms with van der Waals surface area (Å²) in [6.07, 6.45) is 0.371. The van der Waals surface area contributed by atoms with Gasteiger partial charge in [-0.1, -0.05) is 42.5 Å². The molecule has 2 N–H and O–H groups in total. The van der Waals surface area contributed by atoms with Crippen LogP contribution in [0.4, 0.5) is 9.18 Å². The van der Waals surface area contributed by atoms with Gasteiger partial charge in [0.1, 0.15) is 18.4 Å². The molecule has 2 aromatic carbocycles. The highest BCUT2D eigenvalue weighted by Gasteiger charge is 2.38. The smallest absolute Gasteiger partial charge is 0.325 e. The van der Waals surface area contributed by atoms with E-state index in [1.165, 1.54) is 12.1 Å². The molecule has 3 rings (SSSR count). The molecule has 0 bridgehead atoms. The molecule has 0 aliphatic carbocycles. The molecule has 1 fully saturated rings. The van der Waals surface area contributed by atoms with Gasteiger partial charge in [0.15, 0.2) is 0 Å². The zero-order chi connectivity index (χ0) is 19.4. The van der Waals surface area contributed by atoms with Gasteiger partial charge in [0, 0.05) is 6.42 Å². The van der Waals surface area contributed by atoms with E-state index in [1.54, 1.807) is 19.1 Å². The summed E-state index contributed by atoms with van der Waals surface area (Å²) in [4.78, 5) is 37.7. The lowest BCUT2D eigenvalue weighted by Crippen LogP contribution is -2.42. The number of amides is 4. The first kappa shape index (κ1) is 18.6.